The van der Waals surface area contributed by atoms with Crippen LogP contribution in [0.15, 0.2) is 42.5 Å². The van der Waals surface area contributed by atoms with Crippen LogP contribution in [0, 0.1) is 0 Å². The van der Waals surface area contributed by atoms with Crippen molar-refractivity contribution in [2.75, 3.05) is 19.8 Å². The van der Waals surface area contributed by atoms with Crippen molar-refractivity contribution in [3.63, 3.8) is 0 Å². The second kappa shape index (κ2) is 6.72. The van der Waals surface area contributed by atoms with Crippen LogP contribution in [0.25, 0.3) is 0 Å². The average molecular weight is 361 g/mol. The number of halogens is 1. The maximum atomic E-state index is 12.2. The van der Waals surface area contributed by atoms with E-state index in [1.54, 1.807) is 6.07 Å². The van der Waals surface area contributed by atoms with E-state index in [0.29, 0.717) is 30.5 Å². The molecule has 2 aliphatic heterocycles. The molecule has 2 heterocycles. The van der Waals surface area contributed by atoms with Crippen molar-refractivity contribution in [2.24, 2.45) is 0 Å². The molecule has 0 saturated heterocycles. The van der Waals surface area contributed by atoms with Crippen molar-refractivity contribution in [3.8, 4) is 17.2 Å². The molecule has 0 spiro atoms. The number of para-hydroxylation sites is 2. The van der Waals surface area contributed by atoms with Gasteiger partial charge in [0, 0.05) is 10.6 Å². The summed E-state index contributed by atoms with van der Waals surface area (Å²) in [6.45, 7) is 1.12. The molecule has 130 valence electrons. The second-order valence-corrected chi connectivity index (χ2v) is 6.33. The normalized spacial score (nSPS) is 20.4. The molecular weight excluding hydrogens is 344 g/mol. The van der Waals surface area contributed by atoms with Gasteiger partial charge < -0.3 is 24.8 Å². The van der Waals surface area contributed by atoms with Crippen LogP contribution in [0.3, 0.4) is 0 Å². The minimum atomic E-state index is -0.288. The van der Waals surface area contributed by atoms with E-state index in [2.05, 4.69) is 10.6 Å². The number of urea groups is 1. The van der Waals surface area contributed by atoms with Crippen molar-refractivity contribution >= 4 is 17.6 Å². The molecule has 0 bridgehead atoms. The summed E-state index contributed by atoms with van der Waals surface area (Å²) in [5, 5.41) is 6.32. The van der Waals surface area contributed by atoms with Crippen LogP contribution in [0.4, 0.5) is 4.79 Å². The topological polar surface area (TPSA) is 68.8 Å². The Balaban J connectivity index is 1.30. The van der Waals surface area contributed by atoms with Crippen LogP contribution in [0.5, 0.6) is 17.2 Å². The molecule has 0 saturated carbocycles. The predicted octanol–water partition coefficient (Wildman–Crippen LogP) is 2.91. The number of nitrogens with one attached hydrogen (secondary N) is 2. The minimum Gasteiger partial charge on any atom is -0.491 e. The Hall–Kier alpha value is -2.60. The van der Waals surface area contributed by atoms with E-state index in [-0.39, 0.29) is 18.2 Å². The molecule has 25 heavy (non-hydrogen) atoms. The molecule has 2 aromatic rings. The smallest absolute Gasteiger partial charge is 0.315 e. The second-order valence-electron chi connectivity index (χ2n) is 5.90. The SMILES string of the molecule is O=C(NCC1COc2ccccc2O1)NC1COc2ccc(Cl)cc21. The van der Waals surface area contributed by atoms with Crippen LogP contribution >= 0.6 is 11.6 Å². The zero-order valence-electron chi connectivity index (χ0n) is 13.3. The highest BCUT2D eigenvalue weighted by atomic mass is 35.5. The zero-order valence-corrected chi connectivity index (χ0v) is 14.1. The Morgan fingerprint density at radius 3 is 2.76 bits per heavy atom. The summed E-state index contributed by atoms with van der Waals surface area (Å²) in [5.41, 5.74) is 0.883. The van der Waals surface area contributed by atoms with Crippen molar-refractivity contribution in [2.45, 2.75) is 12.1 Å². The third kappa shape index (κ3) is 3.44. The molecule has 2 N–H and O–H groups in total. The Labute approximate surface area is 150 Å². The largest absolute Gasteiger partial charge is 0.491 e. The van der Waals surface area contributed by atoms with Gasteiger partial charge in [-0.1, -0.05) is 23.7 Å². The number of ether oxygens (including phenoxy) is 3. The highest BCUT2D eigenvalue weighted by Crippen LogP contribution is 2.34. The fourth-order valence-electron chi connectivity index (χ4n) is 2.88. The molecule has 2 atom stereocenters. The molecule has 2 aliphatic rings. The van der Waals surface area contributed by atoms with Crippen LogP contribution in [0.2, 0.25) is 5.02 Å². The van der Waals surface area contributed by atoms with E-state index in [4.69, 9.17) is 25.8 Å². The lowest BCUT2D eigenvalue weighted by Gasteiger charge is -2.26. The summed E-state index contributed by atoms with van der Waals surface area (Å²) in [5.74, 6) is 2.16. The summed E-state index contributed by atoms with van der Waals surface area (Å²) < 4.78 is 17.0. The van der Waals surface area contributed by atoms with Crippen LogP contribution in [-0.4, -0.2) is 31.9 Å². The number of carbonyl (C=O) groups excluding carboxylic acids is 1. The highest BCUT2D eigenvalue weighted by Gasteiger charge is 2.26. The van der Waals surface area contributed by atoms with E-state index in [0.717, 1.165) is 17.1 Å². The predicted molar refractivity (Wildman–Crippen MR) is 92.6 cm³/mol. The zero-order chi connectivity index (χ0) is 17.2. The van der Waals surface area contributed by atoms with Gasteiger partial charge in [-0.2, -0.15) is 0 Å². The molecule has 6 nitrogen and oxygen atoms in total. The van der Waals surface area contributed by atoms with Gasteiger partial charge in [0.1, 0.15) is 19.0 Å². The number of carbonyl (C=O) groups is 1. The Morgan fingerprint density at radius 1 is 1.08 bits per heavy atom. The number of amides is 2. The summed E-state index contributed by atoms with van der Waals surface area (Å²) >= 11 is 6.01. The summed E-state index contributed by atoms with van der Waals surface area (Å²) in [7, 11) is 0. The molecule has 0 radical (unpaired) electrons. The average Bonchev–Trinajstić information content (AvgIpc) is 3.02. The van der Waals surface area contributed by atoms with Gasteiger partial charge in [0.05, 0.1) is 12.6 Å². The molecular formula is C18H17ClN2O4. The number of benzene rings is 2. The lowest BCUT2D eigenvalue weighted by Crippen LogP contribution is -2.45. The lowest BCUT2D eigenvalue weighted by atomic mass is 10.1. The number of hydrogen-bond donors (Lipinski definition) is 2. The first-order valence-corrected chi connectivity index (χ1v) is 8.42. The van der Waals surface area contributed by atoms with Crippen molar-refractivity contribution in [1.82, 2.24) is 10.6 Å². The maximum absolute atomic E-state index is 12.2. The lowest BCUT2D eigenvalue weighted by molar-refractivity contribution is 0.0916. The van der Waals surface area contributed by atoms with E-state index in [9.17, 15) is 4.79 Å². The fraction of sp³-hybridized carbons (Fsp3) is 0.278. The first-order chi connectivity index (χ1) is 12.2. The van der Waals surface area contributed by atoms with Gasteiger partial charge >= 0.3 is 6.03 Å². The maximum Gasteiger partial charge on any atom is 0.315 e. The third-order valence-corrected chi connectivity index (χ3v) is 4.35. The first-order valence-electron chi connectivity index (χ1n) is 8.04. The molecule has 0 fully saturated rings. The molecule has 0 aliphatic carbocycles. The van der Waals surface area contributed by atoms with Crippen molar-refractivity contribution in [1.29, 1.82) is 0 Å². The fourth-order valence-corrected chi connectivity index (χ4v) is 3.07. The Bertz CT molecular complexity index is 798. The van der Waals surface area contributed by atoms with E-state index >= 15 is 0 Å². The van der Waals surface area contributed by atoms with Gasteiger partial charge in [-0.05, 0) is 30.3 Å². The Kier molecular flexibility index (Phi) is 4.28. The number of fused-ring (bicyclic) bond motifs is 2. The third-order valence-electron chi connectivity index (χ3n) is 4.12. The van der Waals surface area contributed by atoms with Gasteiger partial charge in [-0.25, -0.2) is 4.79 Å². The van der Waals surface area contributed by atoms with Crippen LogP contribution in [-0.2, 0) is 0 Å². The van der Waals surface area contributed by atoms with Gasteiger partial charge in [0.15, 0.2) is 17.6 Å². The Morgan fingerprint density at radius 2 is 1.88 bits per heavy atom. The molecule has 2 aromatic carbocycles. The van der Waals surface area contributed by atoms with E-state index in [1.165, 1.54) is 0 Å². The molecule has 2 unspecified atom stereocenters. The monoisotopic (exact) mass is 360 g/mol. The first kappa shape index (κ1) is 15.9. The molecule has 7 heteroatoms. The van der Waals surface area contributed by atoms with Crippen molar-refractivity contribution in [3.05, 3.63) is 53.1 Å². The van der Waals surface area contributed by atoms with Crippen LogP contribution < -0.4 is 24.8 Å². The number of rotatable bonds is 3. The van der Waals surface area contributed by atoms with Crippen LogP contribution in [0.1, 0.15) is 11.6 Å². The minimum absolute atomic E-state index is 0.224. The quantitative estimate of drug-likeness (QED) is 0.883. The van der Waals surface area contributed by atoms with Gasteiger partial charge in [-0.15, -0.1) is 0 Å². The van der Waals surface area contributed by atoms with Gasteiger partial charge in [-0.3, -0.25) is 0 Å². The van der Waals surface area contributed by atoms with E-state index in [1.807, 2.05) is 36.4 Å². The summed E-state index contributed by atoms with van der Waals surface area (Å²) in [6, 6.07) is 12.3. The van der Waals surface area contributed by atoms with E-state index < -0.39 is 0 Å². The standard InChI is InChI=1S/C18H17ClN2O4/c19-11-5-6-15-13(7-11)14(10-24-15)21-18(22)20-8-12-9-23-16-3-1-2-4-17(16)25-12/h1-7,12,14H,8-10H2,(H2,20,21,22). The summed E-state index contributed by atoms with van der Waals surface area (Å²) in [4.78, 5) is 12.2. The number of hydrogen-bond acceptors (Lipinski definition) is 4. The van der Waals surface area contributed by atoms with Gasteiger partial charge in [0.25, 0.3) is 0 Å². The summed E-state index contributed by atoms with van der Waals surface area (Å²) in [6.07, 6.45) is -0.234. The van der Waals surface area contributed by atoms with Gasteiger partial charge in [0.2, 0.25) is 0 Å². The van der Waals surface area contributed by atoms with Crippen molar-refractivity contribution < 1.29 is 19.0 Å². The molecule has 2 amide bonds. The highest BCUT2D eigenvalue weighted by molar-refractivity contribution is 6.30. The molecule has 0 aromatic heterocycles. The molecule has 4 rings (SSSR count).